The quantitative estimate of drug-likeness (QED) is 0.709. The van der Waals surface area contributed by atoms with E-state index in [0.29, 0.717) is 13.1 Å². The molecule has 3 N–H and O–H groups in total. The number of nitrogens with two attached hydrogens (primary N) is 1. The molecular weight excluding hydrogens is 246 g/mol. The summed E-state index contributed by atoms with van der Waals surface area (Å²) in [4.78, 5) is 24.1. The second-order valence-corrected chi connectivity index (χ2v) is 3.91. The van der Waals surface area contributed by atoms with Crippen molar-refractivity contribution >= 4 is 24.4 Å². The third kappa shape index (κ3) is 5.74. The van der Waals surface area contributed by atoms with Gasteiger partial charge in [-0.3, -0.25) is 4.79 Å². The highest BCUT2D eigenvalue weighted by Crippen LogP contribution is 2.07. The van der Waals surface area contributed by atoms with Crippen molar-refractivity contribution in [3.8, 4) is 0 Å². The summed E-state index contributed by atoms with van der Waals surface area (Å²) in [6.07, 6.45) is 2.10. The lowest BCUT2D eigenvalue weighted by molar-refractivity contribution is -0.140. The molecule has 6 nitrogen and oxygen atoms in total. The lowest BCUT2D eigenvalue weighted by Gasteiger charge is -2.30. The topological polar surface area (TPSA) is 84.7 Å². The van der Waals surface area contributed by atoms with Crippen molar-refractivity contribution in [1.29, 1.82) is 0 Å². The molecule has 7 heteroatoms. The summed E-state index contributed by atoms with van der Waals surface area (Å²) in [5.74, 6) is -0.323. The Morgan fingerprint density at radius 3 is 2.82 bits per heavy atom. The molecule has 17 heavy (non-hydrogen) atoms. The molecule has 0 saturated carbocycles. The molecule has 1 heterocycles. The van der Waals surface area contributed by atoms with Crippen LogP contribution in [0.2, 0.25) is 0 Å². The Hall–Kier alpha value is -1.01. The molecule has 100 valence electrons. The van der Waals surface area contributed by atoms with Crippen LogP contribution in [-0.4, -0.2) is 49.7 Å². The highest BCUT2D eigenvalue weighted by molar-refractivity contribution is 5.85. The zero-order valence-electron chi connectivity index (χ0n) is 9.98. The van der Waals surface area contributed by atoms with Crippen LogP contribution in [0.1, 0.15) is 19.3 Å². The van der Waals surface area contributed by atoms with E-state index in [4.69, 9.17) is 5.73 Å². The van der Waals surface area contributed by atoms with E-state index in [-0.39, 0.29) is 36.9 Å². The first kappa shape index (κ1) is 16.0. The number of carbonyl (C=O) groups is 2. The Bertz CT molecular complexity index is 263. The summed E-state index contributed by atoms with van der Waals surface area (Å²) in [5.41, 5.74) is 5.77. The van der Waals surface area contributed by atoms with E-state index in [2.05, 4.69) is 10.1 Å². The van der Waals surface area contributed by atoms with Gasteiger partial charge >= 0.3 is 12.0 Å². The Morgan fingerprint density at radius 1 is 1.53 bits per heavy atom. The molecule has 1 rings (SSSR count). The van der Waals surface area contributed by atoms with Crippen LogP contribution in [0.5, 0.6) is 0 Å². The molecule has 0 spiro atoms. The van der Waals surface area contributed by atoms with Gasteiger partial charge in [0.15, 0.2) is 0 Å². The van der Waals surface area contributed by atoms with E-state index in [1.807, 2.05) is 0 Å². The minimum atomic E-state index is -0.323. The number of methoxy groups -OCH3 is 1. The zero-order chi connectivity index (χ0) is 12.0. The van der Waals surface area contributed by atoms with Crippen LogP contribution in [0, 0.1) is 0 Å². The van der Waals surface area contributed by atoms with Gasteiger partial charge in [-0.25, -0.2) is 4.79 Å². The van der Waals surface area contributed by atoms with Gasteiger partial charge in [-0.15, -0.1) is 12.4 Å². The van der Waals surface area contributed by atoms with Crippen LogP contribution in [-0.2, 0) is 9.53 Å². The molecule has 1 aliphatic heterocycles. The molecular formula is C10H20ClN3O3. The van der Waals surface area contributed by atoms with Crippen molar-refractivity contribution in [2.24, 2.45) is 5.73 Å². The molecule has 0 aliphatic carbocycles. The fraction of sp³-hybridized carbons (Fsp3) is 0.800. The first-order chi connectivity index (χ1) is 7.63. The fourth-order valence-corrected chi connectivity index (χ4v) is 1.68. The predicted octanol–water partition coefficient (Wildman–Crippen LogP) is 0.104. The number of urea groups is 1. The van der Waals surface area contributed by atoms with Gasteiger partial charge in [-0.1, -0.05) is 0 Å². The van der Waals surface area contributed by atoms with Crippen LogP contribution in [0.3, 0.4) is 0 Å². The number of esters is 1. The van der Waals surface area contributed by atoms with Crippen LogP contribution in [0.4, 0.5) is 4.79 Å². The molecule has 1 atom stereocenters. The van der Waals surface area contributed by atoms with E-state index in [0.717, 1.165) is 19.4 Å². The molecule has 0 aromatic rings. The fourth-order valence-electron chi connectivity index (χ4n) is 1.68. The van der Waals surface area contributed by atoms with E-state index in [1.165, 1.54) is 7.11 Å². The Balaban J connectivity index is 0.00000256. The van der Waals surface area contributed by atoms with Crippen molar-refractivity contribution in [2.45, 2.75) is 25.3 Å². The maximum atomic E-state index is 11.6. The monoisotopic (exact) mass is 265 g/mol. The predicted molar refractivity (Wildman–Crippen MR) is 66.1 cm³/mol. The zero-order valence-corrected chi connectivity index (χ0v) is 10.8. The first-order valence-corrected chi connectivity index (χ1v) is 5.48. The third-order valence-corrected chi connectivity index (χ3v) is 2.58. The minimum absolute atomic E-state index is 0. The minimum Gasteiger partial charge on any atom is -0.469 e. The van der Waals surface area contributed by atoms with Crippen molar-refractivity contribution in [2.75, 3.05) is 26.7 Å². The number of ether oxygens (including phenoxy) is 1. The van der Waals surface area contributed by atoms with Gasteiger partial charge in [-0.2, -0.15) is 0 Å². The molecule has 0 unspecified atom stereocenters. The smallest absolute Gasteiger partial charge is 0.317 e. The average molecular weight is 266 g/mol. The molecule has 0 aromatic heterocycles. The summed E-state index contributed by atoms with van der Waals surface area (Å²) in [6, 6.07) is -0.0841. The van der Waals surface area contributed by atoms with Crippen LogP contribution < -0.4 is 11.1 Å². The van der Waals surface area contributed by atoms with Crippen LogP contribution >= 0.6 is 12.4 Å². The van der Waals surface area contributed by atoms with Crippen molar-refractivity contribution in [1.82, 2.24) is 10.2 Å². The summed E-state index contributed by atoms with van der Waals surface area (Å²) < 4.78 is 4.47. The van der Waals surface area contributed by atoms with Gasteiger partial charge in [0.05, 0.1) is 13.5 Å². The van der Waals surface area contributed by atoms with Crippen molar-refractivity contribution in [3.05, 3.63) is 0 Å². The number of likely N-dealkylation sites (tertiary alicyclic amines) is 1. The average Bonchev–Trinajstić information content (AvgIpc) is 2.28. The molecule has 1 aliphatic rings. The summed E-state index contributed by atoms with van der Waals surface area (Å²) in [5, 5.41) is 2.67. The first-order valence-electron chi connectivity index (χ1n) is 5.48. The number of halogens is 1. The number of piperidine rings is 1. The summed E-state index contributed by atoms with van der Waals surface area (Å²) in [6.45, 7) is 1.62. The molecule has 1 saturated heterocycles. The van der Waals surface area contributed by atoms with E-state index in [9.17, 15) is 9.59 Å². The second-order valence-electron chi connectivity index (χ2n) is 3.91. The number of rotatable bonds is 3. The highest BCUT2D eigenvalue weighted by atomic mass is 35.5. The number of hydrogen-bond acceptors (Lipinski definition) is 4. The standard InChI is InChI=1S/C10H19N3O3.ClH/c1-16-9(14)4-5-12-10(15)13-6-2-3-8(11)7-13;/h8H,2-7,11H2,1H3,(H,12,15);1H/t8-;/m1./s1. The lowest BCUT2D eigenvalue weighted by atomic mass is 10.1. The van der Waals surface area contributed by atoms with E-state index < -0.39 is 0 Å². The number of nitrogens with zero attached hydrogens (tertiary/aromatic N) is 1. The number of amides is 2. The van der Waals surface area contributed by atoms with Gasteiger partial charge in [0.25, 0.3) is 0 Å². The van der Waals surface area contributed by atoms with Crippen molar-refractivity contribution in [3.63, 3.8) is 0 Å². The van der Waals surface area contributed by atoms with Gasteiger partial charge in [0.2, 0.25) is 0 Å². The molecule has 0 radical (unpaired) electrons. The third-order valence-electron chi connectivity index (χ3n) is 2.58. The molecule has 0 aromatic carbocycles. The maximum Gasteiger partial charge on any atom is 0.317 e. The van der Waals surface area contributed by atoms with Crippen molar-refractivity contribution < 1.29 is 14.3 Å². The maximum absolute atomic E-state index is 11.6. The summed E-state index contributed by atoms with van der Waals surface area (Å²) in [7, 11) is 1.33. The van der Waals surface area contributed by atoms with E-state index >= 15 is 0 Å². The Labute approximate surface area is 107 Å². The molecule has 0 bridgehead atoms. The van der Waals surface area contributed by atoms with Crippen LogP contribution in [0.25, 0.3) is 0 Å². The SMILES string of the molecule is COC(=O)CCNC(=O)N1CCC[C@@H](N)C1.Cl. The van der Waals surface area contributed by atoms with Gasteiger partial charge in [-0.05, 0) is 12.8 Å². The van der Waals surface area contributed by atoms with E-state index in [1.54, 1.807) is 4.90 Å². The van der Waals surface area contributed by atoms with Gasteiger partial charge in [0, 0.05) is 25.7 Å². The highest BCUT2D eigenvalue weighted by Gasteiger charge is 2.20. The summed E-state index contributed by atoms with van der Waals surface area (Å²) >= 11 is 0. The lowest BCUT2D eigenvalue weighted by Crippen LogP contribution is -2.49. The van der Waals surface area contributed by atoms with Crippen LogP contribution in [0.15, 0.2) is 0 Å². The Morgan fingerprint density at radius 2 is 2.24 bits per heavy atom. The Kier molecular flexibility index (Phi) is 7.65. The normalized spacial score (nSPS) is 19.2. The second kappa shape index (κ2) is 8.14. The van der Waals surface area contributed by atoms with Gasteiger partial charge < -0.3 is 20.7 Å². The molecule has 2 amide bonds. The molecule has 1 fully saturated rings. The number of nitrogens with one attached hydrogen (secondary N) is 1. The largest absolute Gasteiger partial charge is 0.469 e. The number of hydrogen-bond donors (Lipinski definition) is 2. The number of carbonyl (C=O) groups excluding carboxylic acids is 2. The van der Waals surface area contributed by atoms with Gasteiger partial charge in [0.1, 0.15) is 0 Å².